The Labute approximate surface area is 138 Å². The fourth-order valence-corrected chi connectivity index (χ4v) is 2.90. The summed E-state index contributed by atoms with van der Waals surface area (Å²) in [6.45, 7) is 8.06. The summed E-state index contributed by atoms with van der Waals surface area (Å²) < 4.78 is 4.97. The Balaban J connectivity index is 2.45. The maximum absolute atomic E-state index is 12.4. The van der Waals surface area contributed by atoms with Crippen LogP contribution in [0.15, 0.2) is 15.7 Å². The molecule has 0 atom stereocenters. The SMILES string of the molecule is CCc1cc(CC)n(-c2nc3c(c(=O)[nH]c(=O)n3C)n2C(C)C)n1. The number of aryl methyl sites for hydroxylation is 3. The summed E-state index contributed by atoms with van der Waals surface area (Å²) in [7, 11) is 1.60. The van der Waals surface area contributed by atoms with Gasteiger partial charge < -0.3 is 0 Å². The van der Waals surface area contributed by atoms with E-state index in [1.165, 1.54) is 4.57 Å². The van der Waals surface area contributed by atoms with Gasteiger partial charge in [0.25, 0.3) is 5.56 Å². The van der Waals surface area contributed by atoms with Gasteiger partial charge in [0, 0.05) is 18.8 Å². The molecule has 0 saturated heterocycles. The zero-order chi connectivity index (χ0) is 17.6. The molecule has 0 aliphatic carbocycles. The number of hydrogen-bond acceptors (Lipinski definition) is 4. The van der Waals surface area contributed by atoms with Crippen LogP contribution in [0.3, 0.4) is 0 Å². The van der Waals surface area contributed by atoms with E-state index < -0.39 is 11.2 Å². The van der Waals surface area contributed by atoms with Gasteiger partial charge in [0.1, 0.15) is 0 Å². The Kier molecular flexibility index (Phi) is 3.90. The van der Waals surface area contributed by atoms with Crippen LogP contribution in [0.2, 0.25) is 0 Å². The predicted octanol–water partition coefficient (Wildman–Crippen LogP) is 1.31. The van der Waals surface area contributed by atoms with Crippen LogP contribution in [0.25, 0.3) is 17.1 Å². The molecule has 3 rings (SSSR count). The first-order chi connectivity index (χ1) is 11.4. The van der Waals surface area contributed by atoms with Crippen molar-refractivity contribution in [3.8, 4) is 5.95 Å². The zero-order valence-electron chi connectivity index (χ0n) is 14.6. The number of fused-ring (bicyclic) bond motifs is 1. The maximum atomic E-state index is 12.4. The molecule has 0 aromatic carbocycles. The lowest BCUT2D eigenvalue weighted by Gasteiger charge is -2.13. The van der Waals surface area contributed by atoms with Crippen molar-refractivity contribution in [2.24, 2.45) is 7.05 Å². The van der Waals surface area contributed by atoms with Crippen molar-refractivity contribution in [1.29, 1.82) is 0 Å². The van der Waals surface area contributed by atoms with Crippen molar-refractivity contribution >= 4 is 11.2 Å². The lowest BCUT2D eigenvalue weighted by atomic mass is 10.3. The molecule has 0 aliphatic heterocycles. The first kappa shape index (κ1) is 16.2. The van der Waals surface area contributed by atoms with Gasteiger partial charge in [-0.3, -0.25) is 18.9 Å². The van der Waals surface area contributed by atoms with E-state index in [0.29, 0.717) is 17.1 Å². The van der Waals surface area contributed by atoms with E-state index in [-0.39, 0.29) is 6.04 Å². The van der Waals surface area contributed by atoms with E-state index in [1.54, 1.807) is 11.7 Å². The number of aromatic nitrogens is 6. The average molecular weight is 330 g/mol. The van der Waals surface area contributed by atoms with Crippen LogP contribution < -0.4 is 11.2 Å². The Hall–Kier alpha value is -2.64. The highest BCUT2D eigenvalue weighted by atomic mass is 16.2. The Morgan fingerprint density at radius 3 is 2.50 bits per heavy atom. The number of hydrogen-bond donors (Lipinski definition) is 1. The molecule has 0 radical (unpaired) electrons. The Bertz CT molecular complexity index is 1020. The number of nitrogens with zero attached hydrogens (tertiary/aromatic N) is 5. The van der Waals surface area contributed by atoms with Crippen molar-refractivity contribution in [3.05, 3.63) is 38.3 Å². The third-order valence-corrected chi connectivity index (χ3v) is 4.20. The third kappa shape index (κ3) is 2.29. The number of rotatable bonds is 4. The molecule has 0 bridgehead atoms. The highest BCUT2D eigenvalue weighted by Crippen LogP contribution is 2.22. The average Bonchev–Trinajstić information content (AvgIpc) is 3.13. The van der Waals surface area contributed by atoms with Gasteiger partial charge >= 0.3 is 5.69 Å². The minimum atomic E-state index is -0.474. The van der Waals surface area contributed by atoms with Crippen LogP contribution in [0.5, 0.6) is 0 Å². The molecule has 8 heteroatoms. The topological polar surface area (TPSA) is 90.5 Å². The molecule has 24 heavy (non-hydrogen) atoms. The van der Waals surface area contributed by atoms with Gasteiger partial charge in [-0.05, 0) is 32.8 Å². The number of nitrogens with one attached hydrogen (secondary N) is 1. The molecule has 0 saturated carbocycles. The summed E-state index contributed by atoms with van der Waals surface area (Å²) in [5.74, 6) is 0.559. The van der Waals surface area contributed by atoms with E-state index in [9.17, 15) is 9.59 Å². The zero-order valence-corrected chi connectivity index (χ0v) is 14.6. The molecule has 3 aromatic heterocycles. The van der Waals surface area contributed by atoms with E-state index >= 15 is 0 Å². The van der Waals surface area contributed by atoms with Crippen LogP contribution in [0.1, 0.15) is 45.1 Å². The molecular formula is C16H22N6O2. The van der Waals surface area contributed by atoms with Crippen molar-refractivity contribution in [2.75, 3.05) is 0 Å². The molecule has 0 unspecified atom stereocenters. The highest BCUT2D eigenvalue weighted by molar-refractivity contribution is 5.72. The molecule has 0 fully saturated rings. The van der Waals surface area contributed by atoms with Gasteiger partial charge in [-0.1, -0.05) is 13.8 Å². The minimum absolute atomic E-state index is 0.0115. The highest BCUT2D eigenvalue weighted by Gasteiger charge is 2.22. The number of imidazole rings is 1. The fourth-order valence-electron chi connectivity index (χ4n) is 2.90. The van der Waals surface area contributed by atoms with Gasteiger partial charge in [0.15, 0.2) is 11.2 Å². The maximum Gasteiger partial charge on any atom is 0.329 e. The number of H-pyrrole nitrogens is 1. The summed E-state index contributed by atoms with van der Waals surface area (Å²) in [5.41, 5.74) is 1.84. The monoisotopic (exact) mass is 330 g/mol. The van der Waals surface area contributed by atoms with Crippen molar-refractivity contribution < 1.29 is 0 Å². The number of aromatic amines is 1. The van der Waals surface area contributed by atoms with E-state index in [4.69, 9.17) is 0 Å². The summed E-state index contributed by atoms with van der Waals surface area (Å²) in [6.07, 6.45) is 1.62. The Morgan fingerprint density at radius 1 is 1.21 bits per heavy atom. The fraction of sp³-hybridized carbons (Fsp3) is 0.500. The first-order valence-electron chi connectivity index (χ1n) is 8.18. The van der Waals surface area contributed by atoms with E-state index in [2.05, 4.69) is 22.0 Å². The third-order valence-electron chi connectivity index (χ3n) is 4.20. The van der Waals surface area contributed by atoms with Crippen molar-refractivity contribution in [3.63, 3.8) is 0 Å². The van der Waals surface area contributed by atoms with Gasteiger partial charge in [0.05, 0.1) is 5.69 Å². The second-order valence-corrected chi connectivity index (χ2v) is 6.11. The lowest BCUT2D eigenvalue weighted by Crippen LogP contribution is -2.29. The molecule has 3 aromatic rings. The Morgan fingerprint density at radius 2 is 1.92 bits per heavy atom. The second-order valence-electron chi connectivity index (χ2n) is 6.11. The van der Waals surface area contributed by atoms with Gasteiger partial charge in [-0.15, -0.1) is 0 Å². The normalized spacial score (nSPS) is 11.8. The predicted molar refractivity (Wildman–Crippen MR) is 91.9 cm³/mol. The minimum Gasteiger partial charge on any atom is -0.300 e. The molecule has 0 spiro atoms. The summed E-state index contributed by atoms with van der Waals surface area (Å²) in [6, 6.07) is 2.04. The summed E-state index contributed by atoms with van der Waals surface area (Å²) >= 11 is 0. The second kappa shape index (κ2) is 5.77. The summed E-state index contributed by atoms with van der Waals surface area (Å²) in [5, 5.41) is 4.62. The van der Waals surface area contributed by atoms with Crippen LogP contribution in [-0.4, -0.2) is 28.9 Å². The van der Waals surface area contributed by atoms with Crippen LogP contribution >= 0.6 is 0 Å². The quantitative estimate of drug-likeness (QED) is 0.781. The molecule has 3 heterocycles. The van der Waals surface area contributed by atoms with Crippen LogP contribution in [0, 0.1) is 0 Å². The molecule has 1 N–H and O–H groups in total. The molecule has 0 aliphatic rings. The molecule has 128 valence electrons. The van der Waals surface area contributed by atoms with E-state index in [1.807, 2.05) is 31.4 Å². The lowest BCUT2D eigenvalue weighted by molar-refractivity contribution is 0.578. The van der Waals surface area contributed by atoms with Gasteiger partial charge in [-0.25, -0.2) is 9.48 Å². The van der Waals surface area contributed by atoms with Crippen molar-refractivity contribution in [2.45, 2.75) is 46.6 Å². The summed E-state index contributed by atoms with van der Waals surface area (Å²) in [4.78, 5) is 31.2. The van der Waals surface area contributed by atoms with Crippen molar-refractivity contribution in [1.82, 2.24) is 28.9 Å². The van der Waals surface area contributed by atoms with Crippen LogP contribution in [0.4, 0.5) is 0 Å². The smallest absolute Gasteiger partial charge is 0.300 e. The van der Waals surface area contributed by atoms with E-state index in [0.717, 1.165) is 24.2 Å². The molecule has 0 amide bonds. The van der Waals surface area contributed by atoms with Gasteiger partial charge in [-0.2, -0.15) is 10.1 Å². The molecular weight excluding hydrogens is 308 g/mol. The first-order valence-corrected chi connectivity index (χ1v) is 8.18. The molecule has 8 nitrogen and oxygen atoms in total. The van der Waals surface area contributed by atoms with Crippen LogP contribution in [-0.2, 0) is 19.9 Å². The largest absolute Gasteiger partial charge is 0.329 e. The standard InChI is InChI=1S/C16H22N6O2/c1-6-10-8-11(7-2)22(19-10)15-17-13-12(21(15)9(3)4)14(23)18-16(24)20(13)5/h8-9H,6-7H2,1-5H3,(H,18,23,24). The van der Waals surface area contributed by atoms with Gasteiger partial charge in [0.2, 0.25) is 5.95 Å².